The molecule has 2 bridgehead atoms. The Bertz CT molecular complexity index is 1040. The maximum absolute atomic E-state index is 14.9. The molecule has 1 aromatic carbocycles. The Morgan fingerprint density at radius 2 is 1.91 bits per heavy atom. The minimum atomic E-state index is -0.917. The second-order valence-corrected chi connectivity index (χ2v) is 10.1. The highest BCUT2D eigenvalue weighted by molar-refractivity contribution is 7.21. The van der Waals surface area contributed by atoms with E-state index in [0.717, 1.165) is 55.8 Å². The van der Waals surface area contributed by atoms with Gasteiger partial charge in [-0.25, -0.2) is 9.18 Å². The van der Waals surface area contributed by atoms with Crippen LogP contribution in [-0.2, 0) is 14.9 Å². The average Bonchev–Trinajstić information content (AvgIpc) is 3.22. The van der Waals surface area contributed by atoms with E-state index in [0.29, 0.717) is 34.9 Å². The Hall–Kier alpha value is -2.41. The Labute approximate surface area is 191 Å². The van der Waals surface area contributed by atoms with Crippen molar-refractivity contribution in [3.05, 3.63) is 46.8 Å². The molecule has 3 aliphatic heterocycles. The van der Waals surface area contributed by atoms with Crippen molar-refractivity contribution in [1.29, 1.82) is 0 Å². The molecule has 1 saturated carbocycles. The molecule has 0 unspecified atom stereocenters. The average molecular weight is 457 g/mol. The predicted molar refractivity (Wildman–Crippen MR) is 124 cm³/mol. The van der Waals surface area contributed by atoms with E-state index in [4.69, 9.17) is 4.74 Å². The minimum Gasteiger partial charge on any atom is -0.462 e. The highest BCUT2D eigenvalue weighted by Crippen LogP contribution is 2.52. The van der Waals surface area contributed by atoms with Crippen LogP contribution in [0, 0.1) is 5.82 Å². The molecular weight excluding hydrogens is 427 g/mol. The molecule has 1 aromatic heterocycles. The van der Waals surface area contributed by atoms with Crippen LogP contribution >= 0.6 is 11.3 Å². The third kappa shape index (κ3) is 3.41. The van der Waals surface area contributed by atoms with Crippen LogP contribution in [0.25, 0.3) is 0 Å². The molecule has 1 saturated heterocycles. The fourth-order valence-corrected chi connectivity index (χ4v) is 7.08. The Morgan fingerprint density at radius 3 is 2.59 bits per heavy atom. The van der Waals surface area contributed by atoms with Gasteiger partial charge in [0.25, 0.3) is 0 Å². The van der Waals surface area contributed by atoms with Gasteiger partial charge < -0.3 is 15.0 Å². The lowest BCUT2D eigenvalue weighted by molar-refractivity contribution is -0.122. The number of rotatable bonds is 5. The predicted octanol–water partition coefficient (Wildman–Crippen LogP) is 5.60. The largest absolute Gasteiger partial charge is 0.462 e. The molecule has 32 heavy (non-hydrogen) atoms. The molecule has 2 aromatic rings. The van der Waals surface area contributed by atoms with Gasteiger partial charge in [0, 0.05) is 24.2 Å². The van der Waals surface area contributed by atoms with Gasteiger partial charge in [-0.05, 0) is 44.6 Å². The van der Waals surface area contributed by atoms with Crippen molar-refractivity contribution in [2.24, 2.45) is 0 Å². The number of ether oxygens (including phenoxy) is 1. The van der Waals surface area contributed by atoms with Crippen LogP contribution in [0.4, 0.5) is 14.4 Å². The van der Waals surface area contributed by atoms with Crippen LogP contribution in [-0.4, -0.2) is 31.6 Å². The molecule has 5 nitrogen and oxygen atoms in total. The van der Waals surface area contributed by atoms with Gasteiger partial charge in [0.05, 0.1) is 22.6 Å². The standard InChI is InChI=1S/C25H29FN2O3S/c1-2-31-23(29)20-19-16-10-14-28(15-11-16)22(19)32-21(20)27-24(30)25(12-6-3-7-13-25)17-8-4-5-9-18(17)26/h4-5,8-9,16H,2-3,6-7,10-15H2,1H3,(H,27,30). The van der Waals surface area contributed by atoms with Gasteiger partial charge in [-0.2, -0.15) is 0 Å². The number of thiophene rings is 1. The van der Waals surface area contributed by atoms with E-state index < -0.39 is 5.41 Å². The molecule has 0 spiro atoms. The van der Waals surface area contributed by atoms with Gasteiger partial charge in [-0.3, -0.25) is 4.79 Å². The smallest absolute Gasteiger partial charge is 0.341 e. The number of amides is 1. The SMILES string of the molecule is CCOC(=O)c1c(NC(=O)C2(c3ccccc3F)CCCCC2)sc2c1C1CCN2CC1. The number of fused-ring (bicyclic) bond motifs is 2. The summed E-state index contributed by atoms with van der Waals surface area (Å²) in [6, 6.07) is 6.61. The molecule has 0 atom stereocenters. The van der Waals surface area contributed by atoms with Crippen LogP contribution in [0.2, 0.25) is 0 Å². The first kappa shape index (κ1) is 21.4. The van der Waals surface area contributed by atoms with Crippen molar-refractivity contribution in [3.8, 4) is 0 Å². The summed E-state index contributed by atoms with van der Waals surface area (Å²) < 4.78 is 20.3. The van der Waals surface area contributed by atoms with Crippen molar-refractivity contribution in [2.75, 3.05) is 29.9 Å². The molecule has 2 fully saturated rings. The highest BCUT2D eigenvalue weighted by Gasteiger charge is 2.45. The zero-order valence-electron chi connectivity index (χ0n) is 18.4. The maximum Gasteiger partial charge on any atom is 0.341 e. The van der Waals surface area contributed by atoms with Gasteiger partial charge >= 0.3 is 5.97 Å². The van der Waals surface area contributed by atoms with Crippen molar-refractivity contribution >= 4 is 33.2 Å². The topological polar surface area (TPSA) is 58.6 Å². The summed E-state index contributed by atoms with van der Waals surface area (Å²) in [6.07, 6.45) is 6.04. The number of benzene rings is 1. The molecule has 1 amide bonds. The van der Waals surface area contributed by atoms with E-state index in [1.54, 1.807) is 25.1 Å². The summed E-state index contributed by atoms with van der Waals surface area (Å²) in [5.41, 5.74) is 1.08. The van der Waals surface area contributed by atoms with Crippen LogP contribution in [0.1, 0.15) is 79.3 Å². The molecule has 1 N–H and O–H groups in total. The number of nitrogens with one attached hydrogen (secondary N) is 1. The van der Waals surface area contributed by atoms with E-state index >= 15 is 0 Å². The molecular formula is C25H29FN2O3S. The number of carbonyl (C=O) groups is 2. The third-order valence-corrected chi connectivity index (χ3v) is 8.54. The summed E-state index contributed by atoms with van der Waals surface area (Å²) in [6.45, 7) is 4.03. The van der Waals surface area contributed by atoms with Crippen LogP contribution in [0.15, 0.2) is 24.3 Å². The van der Waals surface area contributed by atoms with Crippen molar-refractivity contribution in [1.82, 2.24) is 0 Å². The number of nitrogens with zero attached hydrogens (tertiary/aromatic N) is 1. The molecule has 170 valence electrons. The second-order valence-electron chi connectivity index (χ2n) is 9.08. The number of hydrogen-bond donors (Lipinski definition) is 1. The fraction of sp³-hybridized carbons (Fsp3) is 0.520. The van der Waals surface area contributed by atoms with Crippen LogP contribution in [0.5, 0.6) is 0 Å². The first-order valence-electron chi connectivity index (χ1n) is 11.7. The molecule has 7 heteroatoms. The monoisotopic (exact) mass is 456 g/mol. The second kappa shape index (κ2) is 8.50. The molecule has 4 aliphatic rings. The Kier molecular flexibility index (Phi) is 5.70. The number of esters is 1. The Morgan fingerprint density at radius 1 is 1.19 bits per heavy atom. The third-order valence-electron chi connectivity index (χ3n) is 7.35. The number of carbonyl (C=O) groups excluding carboxylic acids is 2. The Balaban J connectivity index is 1.56. The van der Waals surface area contributed by atoms with Crippen LogP contribution < -0.4 is 10.2 Å². The molecule has 6 rings (SSSR count). The lowest BCUT2D eigenvalue weighted by Gasteiger charge is -2.40. The van der Waals surface area contributed by atoms with Crippen molar-refractivity contribution in [2.45, 2.75) is 63.2 Å². The van der Waals surface area contributed by atoms with Crippen LogP contribution in [0.3, 0.4) is 0 Å². The van der Waals surface area contributed by atoms with Gasteiger partial charge in [0.15, 0.2) is 0 Å². The molecule has 1 aliphatic carbocycles. The zero-order chi connectivity index (χ0) is 22.3. The number of piperidine rings is 1. The summed E-state index contributed by atoms with van der Waals surface area (Å²) in [4.78, 5) is 29.1. The van der Waals surface area contributed by atoms with Gasteiger partial charge in [0.2, 0.25) is 5.91 Å². The maximum atomic E-state index is 14.9. The van der Waals surface area contributed by atoms with Gasteiger partial charge in [-0.15, -0.1) is 0 Å². The van der Waals surface area contributed by atoms with E-state index in [1.807, 2.05) is 0 Å². The lowest BCUT2D eigenvalue weighted by Crippen LogP contribution is -2.42. The molecule has 0 radical (unpaired) electrons. The number of halogens is 1. The first-order chi connectivity index (χ1) is 15.5. The van der Waals surface area contributed by atoms with Crippen molar-refractivity contribution < 1.29 is 18.7 Å². The fourth-order valence-electron chi connectivity index (χ4n) is 5.76. The summed E-state index contributed by atoms with van der Waals surface area (Å²) >= 11 is 1.47. The minimum absolute atomic E-state index is 0.214. The number of hydrogen-bond acceptors (Lipinski definition) is 5. The highest BCUT2D eigenvalue weighted by atomic mass is 32.1. The van der Waals surface area contributed by atoms with Gasteiger partial charge in [-0.1, -0.05) is 48.8 Å². The first-order valence-corrected chi connectivity index (χ1v) is 12.5. The van der Waals surface area contributed by atoms with E-state index in [-0.39, 0.29) is 24.3 Å². The summed E-state index contributed by atoms with van der Waals surface area (Å²) in [5, 5.41) is 4.73. The lowest BCUT2D eigenvalue weighted by atomic mass is 9.68. The summed E-state index contributed by atoms with van der Waals surface area (Å²) in [5.74, 6) is -0.609. The van der Waals surface area contributed by atoms with Gasteiger partial charge in [0.1, 0.15) is 10.8 Å². The zero-order valence-corrected chi connectivity index (χ0v) is 19.2. The molecule has 4 heterocycles. The van der Waals surface area contributed by atoms with Crippen molar-refractivity contribution in [3.63, 3.8) is 0 Å². The van der Waals surface area contributed by atoms with E-state index in [1.165, 1.54) is 17.4 Å². The summed E-state index contributed by atoms with van der Waals surface area (Å²) in [7, 11) is 0. The number of anilines is 2. The normalized spacial score (nSPS) is 19.5. The van der Waals surface area contributed by atoms with E-state index in [2.05, 4.69) is 10.2 Å². The van der Waals surface area contributed by atoms with E-state index in [9.17, 15) is 14.0 Å². The quantitative estimate of drug-likeness (QED) is 0.595.